The summed E-state index contributed by atoms with van der Waals surface area (Å²) >= 11 is 0. The van der Waals surface area contributed by atoms with E-state index in [0.29, 0.717) is 6.29 Å². The second kappa shape index (κ2) is 4.31. The molecule has 0 bridgehead atoms. The number of nitrogens with zero attached hydrogens (tertiary/aromatic N) is 1. The summed E-state index contributed by atoms with van der Waals surface area (Å²) in [7, 11) is 0. The van der Waals surface area contributed by atoms with Crippen molar-refractivity contribution in [1.29, 1.82) is 0 Å². The van der Waals surface area contributed by atoms with Crippen molar-refractivity contribution in [3.63, 3.8) is 0 Å². The smallest absolute Gasteiger partial charge is 0.254 e. The van der Waals surface area contributed by atoms with Gasteiger partial charge in [0.15, 0.2) is 0 Å². The highest BCUT2D eigenvalue weighted by atomic mass is 16.2. The average Bonchev–Trinajstić information content (AvgIpc) is 2.46. The molecule has 1 aliphatic heterocycles. The van der Waals surface area contributed by atoms with Gasteiger partial charge >= 0.3 is 0 Å². The summed E-state index contributed by atoms with van der Waals surface area (Å²) in [6.07, 6.45) is 2.70. The lowest BCUT2D eigenvalue weighted by atomic mass is 10.5. The minimum Gasteiger partial charge on any atom is -0.348 e. The molecule has 1 N–H and O–H groups in total. The van der Waals surface area contributed by atoms with Crippen LogP contribution in [0.2, 0.25) is 0 Å². The van der Waals surface area contributed by atoms with Gasteiger partial charge in [-0.25, -0.2) is 0 Å². The van der Waals surface area contributed by atoms with Crippen LogP contribution >= 0.6 is 0 Å². The van der Waals surface area contributed by atoms with Crippen LogP contribution in [0.25, 0.3) is 0 Å². The van der Waals surface area contributed by atoms with E-state index in [1.54, 1.807) is 0 Å². The van der Waals surface area contributed by atoms with Gasteiger partial charge in [-0.2, -0.15) is 0 Å². The maximum atomic E-state index is 11.0. The molecule has 0 aromatic heterocycles. The minimum absolute atomic E-state index is 0.123. The number of amides is 3. The van der Waals surface area contributed by atoms with Crippen molar-refractivity contribution in [3.8, 4) is 0 Å². The molecule has 6 heteroatoms. The van der Waals surface area contributed by atoms with Gasteiger partial charge in [0, 0.05) is 12.2 Å². The maximum absolute atomic E-state index is 11.0. The molecule has 0 spiro atoms. The molecule has 0 aromatic rings. The molecule has 14 heavy (non-hydrogen) atoms. The van der Waals surface area contributed by atoms with Gasteiger partial charge in [0.2, 0.25) is 5.91 Å². The second-order valence-electron chi connectivity index (χ2n) is 2.57. The van der Waals surface area contributed by atoms with Crippen LogP contribution in [-0.4, -0.2) is 42.0 Å². The van der Waals surface area contributed by atoms with E-state index < -0.39 is 17.7 Å². The van der Waals surface area contributed by atoms with Gasteiger partial charge < -0.3 is 10.1 Å². The normalized spacial score (nSPS) is 14.7. The Morgan fingerprint density at radius 2 is 1.93 bits per heavy atom. The highest BCUT2D eigenvalue weighted by Crippen LogP contribution is 2.01. The van der Waals surface area contributed by atoms with E-state index >= 15 is 0 Å². The van der Waals surface area contributed by atoms with Gasteiger partial charge in [-0.1, -0.05) is 0 Å². The van der Waals surface area contributed by atoms with Crippen molar-refractivity contribution < 1.29 is 19.2 Å². The predicted octanol–water partition coefficient (Wildman–Crippen LogP) is -1.77. The van der Waals surface area contributed by atoms with Gasteiger partial charge in [-0.15, -0.1) is 0 Å². The van der Waals surface area contributed by atoms with Crippen molar-refractivity contribution in [2.24, 2.45) is 0 Å². The third kappa shape index (κ3) is 2.25. The summed E-state index contributed by atoms with van der Waals surface area (Å²) in [4.78, 5) is 43.6. The third-order valence-electron chi connectivity index (χ3n) is 1.58. The van der Waals surface area contributed by atoms with Crippen LogP contribution in [0.15, 0.2) is 12.2 Å². The van der Waals surface area contributed by atoms with Crippen LogP contribution < -0.4 is 5.32 Å². The number of hydrogen-bond donors (Lipinski definition) is 1. The van der Waals surface area contributed by atoms with Crippen molar-refractivity contribution in [1.82, 2.24) is 10.2 Å². The first-order valence-electron chi connectivity index (χ1n) is 3.89. The molecule has 1 aliphatic rings. The van der Waals surface area contributed by atoms with Crippen LogP contribution in [-0.2, 0) is 19.2 Å². The van der Waals surface area contributed by atoms with Gasteiger partial charge in [0.05, 0.1) is 6.54 Å². The molecule has 1 rings (SSSR count). The van der Waals surface area contributed by atoms with E-state index in [9.17, 15) is 19.2 Å². The van der Waals surface area contributed by atoms with Gasteiger partial charge in [-0.3, -0.25) is 19.3 Å². The summed E-state index contributed by atoms with van der Waals surface area (Å²) in [6.45, 7) is -0.471. The van der Waals surface area contributed by atoms with Gasteiger partial charge in [0.1, 0.15) is 12.8 Å². The topological polar surface area (TPSA) is 83.6 Å². The van der Waals surface area contributed by atoms with Crippen molar-refractivity contribution in [2.75, 3.05) is 13.1 Å². The zero-order valence-electron chi connectivity index (χ0n) is 7.23. The number of carbonyl (C=O) groups is 4. The summed E-state index contributed by atoms with van der Waals surface area (Å²) in [5, 5.41) is 2.22. The average molecular weight is 196 g/mol. The Hall–Kier alpha value is -1.98. The number of carbonyl (C=O) groups excluding carboxylic acids is 4. The lowest BCUT2D eigenvalue weighted by Gasteiger charge is -2.12. The molecule has 0 fully saturated rings. The van der Waals surface area contributed by atoms with E-state index in [-0.39, 0.29) is 13.1 Å². The van der Waals surface area contributed by atoms with Crippen LogP contribution in [0.3, 0.4) is 0 Å². The van der Waals surface area contributed by atoms with Crippen LogP contribution in [0.1, 0.15) is 0 Å². The standard InChI is InChI=1S/C8H8N2O4/c11-4-3-9-6(12)5-10-7(13)1-2-8(10)14/h1-2,4H,3,5H2,(H,9,12). The summed E-state index contributed by atoms with van der Waals surface area (Å²) in [6, 6.07) is 0. The lowest BCUT2D eigenvalue weighted by molar-refractivity contribution is -0.141. The molecule has 3 amide bonds. The minimum atomic E-state index is -0.539. The Kier molecular flexibility index (Phi) is 3.11. The van der Waals surface area contributed by atoms with E-state index in [1.807, 2.05) is 0 Å². The Morgan fingerprint density at radius 1 is 1.36 bits per heavy atom. The zero-order chi connectivity index (χ0) is 10.6. The fraction of sp³-hybridized carbons (Fsp3) is 0.250. The molecule has 0 saturated heterocycles. The van der Waals surface area contributed by atoms with E-state index in [2.05, 4.69) is 5.32 Å². The first kappa shape index (κ1) is 10.1. The number of nitrogens with one attached hydrogen (secondary N) is 1. The molecule has 0 unspecified atom stereocenters. The molecule has 0 aromatic carbocycles. The number of aldehydes is 1. The Bertz CT molecular complexity index is 303. The first-order chi connectivity index (χ1) is 6.65. The molecule has 6 nitrogen and oxygen atoms in total. The number of hydrogen-bond acceptors (Lipinski definition) is 4. The predicted molar refractivity (Wildman–Crippen MR) is 44.9 cm³/mol. The molecule has 0 saturated carbocycles. The largest absolute Gasteiger partial charge is 0.348 e. The SMILES string of the molecule is O=CCNC(=O)CN1C(=O)C=CC1=O. The monoisotopic (exact) mass is 196 g/mol. The van der Waals surface area contributed by atoms with Crippen LogP contribution in [0, 0.1) is 0 Å². The van der Waals surface area contributed by atoms with E-state index in [4.69, 9.17) is 0 Å². The Labute approximate surface area is 79.6 Å². The van der Waals surface area contributed by atoms with Crippen molar-refractivity contribution in [2.45, 2.75) is 0 Å². The fourth-order valence-electron chi connectivity index (χ4n) is 0.942. The third-order valence-corrected chi connectivity index (χ3v) is 1.58. The highest BCUT2D eigenvalue weighted by molar-refractivity contribution is 6.14. The molecule has 1 heterocycles. The van der Waals surface area contributed by atoms with Crippen molar-refractivity contribution >= 4 is 24.0 Å². The number of imide groups is 1. The van der Waals surface area contributed by atoms with Crippen LogP contribution in [0.4, 0.5) is 0 Å². The van der Waals surface area contributed by atoms with Crippen LogP contribution in [0.5, 0.6) is 0 Å². The fourth-order valence-corrected chi connectivity index (χ4v) is 0.942. The molecule has 0 aliphatic carbocycles. The summed E-state index contributed by atoms with van der Waals surface area (Å²) in [5.41, 5.74) is 0. The first-order valence-corrected chi connectivity index (χ1v) is 3.89. The quantitative estimate of drug-likeness (QED) is 0.426. The summed E-state index contributed by atoms with van der Waals surface area (Å²) in [5.74, 6) is -1.57. The highest BCUT2D eigenvalue weighted by Gasteiger charge is 2.25. The van der Waals surface area contributed by atoms with Gasteiger partial charge in [0.25, 0.3) is 11.8 Å². The molecule has 74 valence electrons. The van der Waals surface area contributed by atoms with E-state index in [1.165, 1.54) is 0 Å². The number of rotatable bonds is 4. The molecule has 0 atom stereocenters. The van der Waals surface area contributed by atoms with Crippen molar-refractivity contribution in [3.05, 3.63) is 12.2 Å². The molecular formula is C8H8N2O4. The lowest BCUT2D eigenvalue weighted by Crippen LogP contribution is -2.40. The molecule has 0 radical (unpaired) electrons. The molecular weight excluding hydrogens is 188 g/mol. The second-order valence-corrected chi connectivity index (χ2v) is 2.57. The Balaban J connectivity index is 2.44. The maximum Gasteiger partial charge on any atom is 0.254 e. The van der Waals surface area contributed by atoms with Gasteiger partial charge in [-0.05, 0) is 0 Å². The van der Waals surface area contributed by atoms with E-state index in [0.717, 1.165) is 17.1 Å². The summed E-state index contributed by atoms with van der Waals surface area (Å²) < 4.78 is 0. The zero-order valence-corrected chi connectivity index (χ0v) is 7.23. The Morgan fingerprint density at radius 3 is 2.43 bits per heavy atom.